The molecule has 1 aliphatic rings. The molecule has 0 aliphatic heterocycles. The number of rotatable bonds is 10. The highest BCUT2D eigenvalue weighted by atomic mass is 16.5. The quantitative estimate of drug-likeness (QED) is 0.492. The molecule has 0 unspecified atom stereocenters. The fourth-order valence-electron chi connectivity index (χ4n) is 3.68. The SMILES string of the molecule is CCNC(=NCc1cc(C(CC)CC)no1)NCCN(C)C1CCCC1. The van der Waals surface area contributed by atoms with Gasteiger partial charge in [0.1, 0.15) is 6.54 Å². The van der Waals surface area contributed by atoms with Crippen molar-refractivity contribution in [3.05, 3.63) is 17.5 Å². The maximum Gasteiger partial charge on any atom is 0.191 e. The van der Waals surface area contributed by atoms with E-state index in [2.05, 4.69) is 59.6 Å². The Morgan fingerprint density at radius 1 is 1.27 bits per heavy atom. The van der Waals surface area contributed by atoms with Crippen LogP contribution in [0.2, 0.25) is 0 Å². The van der Waals surface area contributed by atoms with Crippen molar-refractivity contribution in [2.45, 2.75) is 77.8 Å². The lowest BCUT2D eigenvalue weighted by Gasteiger charge is -2.24. The van der Waals surface area contributed by atoms with Crippen molar-refractivity contribution in [2.24, 2.45) is 4.99 Å². The van der Waals surface area contributed by atoms with Crippen LogP contribution in [0.15, 0.2) is 15.6 Å². The van der Waals surface area contributed by atoms with Crippen molar-refractivity contribution in [2.75, 3.05) is 26.7 Å². The maximum absolute atomic E-state index is 5.47. The van der Waals surface area contributed by atoms with Crippen LogP contribution < -0.4 is 10.6 Å². The second kappa shape index (κ2) is 11.2. The van der Waals surface area contributed by atoms with Crippen molar-refractivity contribution in [3.63, 3.8) is 0 Å². The standard InChI is InChI=1S/C20H37N5O/c1-5-16(6-2)19-14-18(26-24-19)15-23-20(21-7-3)22-12-13-25(4)17-10-8-9-11-17/h14,16-17H,5-13,15H2,1-4H3,(H2,21,22,23). The normalized spacial score (nSPS) is 16.0. The van der Waals surface area contributed by atoms with Crippen LogP contribution in [-0.4, -0.2) is 48.7 Å². The summed E-state index contributed by atoms with van der Waals surface area (Å²) in [6.07, 6.45) is 7.62. The van der Waals surface area contributed by atoms with E-state index in [1.807, 2.05) is 0 Å². The molecule has 1 aliphatic carbocycles. The van der Waals surface area contributed by atoms with Crippen molar-refractivity contribution in [1.29, 1.82) is 0 Å². The van der Waals surface area contributed by atoms with Crippen LogP contribution in [0.25, 0.3) is 0 Å². The molecular formula is C20H37N5O. The van der Waals surface area contributed by atoms with Crippen LogP contribution in [0.4, 0.5) is 0 Å². The average Bonchev–Trinajstić information content (AvgIpc) is 3.33. The molecule has 2 N–H and O–H groups in total. The van der Waals surface area contributed by atoms with Gasteiger partial charge in [0.2, 0.25) is 0 Å². The number of hydrogen-bond donors (Lipinski definition) is 2. The van der Waals surface area contributed by atoms with E-state index in [0.29, 0.717) is 12.5 Å². The Balaban J connectivity index is 1.81. The summed E-state index contributed by atoms with van der Waals surface area (Å²) in [7, 11) is 2.23. The topological polar surface area (TPSA) is 65.7 Å². The van der Waals surface area contributed by atoms with Gasteiger partial charge in [-0.2, -0.15) is 0 Å². The lowest BCUT2D eigenvalue weighted by Crippen LogP contribution is -2.42. The summed E-state index contributed by atoms with van der Waals surface area (Å²) in [5, 5.41) is 11.0. The molecule has 0 spiro atoms. The maximum atomic E-state index is 5.47. The van der Waals surface area contributed by atoms with Gasteiger partial charge in [0, 0.05) is 37.7 Å². The number of nitrogens with one attached hydrogen (secondary N) is 2. The number of likely N-dealkylation sites (N-methyl/N-ethyl adjacent to an activating group) is 1. The van der Waals surface area contributed by atoms with Gasteiger partial charge >= 0.3 is 0 Å². The zero-order valence-electron chi connectivity index (χ0n) is 17.1. The van der Waals surface area contributed by atoms with Gasteiger partial charge in [0.05, 0.1) is 5.69 Å². The molecule has 1 heterocycles. The van der Waals surface area contributed by atoms with E-state index in [4.69, 9.17) is 4.52 Å². The Kier molecular flexibility index (Phi) is 8.95. The average molecular weight is 364 g/mol. The summed E-state index contributed by atoms with van der Waals surface area (Å²) in [5.41, 5.74) is 1.05. The Hall–Kier alpha value is -1.56. The van der Waals surface area contributed by atoms with E-state index < -0.39 is 0 Å². The van der Waals surface area contributed by atoms with Gasteiger partial charge in [-0.1, -0.05) is 31.8 Å². The van der Waals surface area contributed by atoms with E-state index in [0.717, 1.165) is 55.9 Å². The second-order valence-corrected chi connectivity index (χ2v) is 7.27. The monoisotopic (exact) mass is 363 g/mol. The van der Waals surface area contributed by atoms with E-state index in [9.17, 15) is 0 Å². The first-order valence-corrected chi connectivity index (χ1v) is 10.4. The smallest absolute Gasteiger partial charge is 0.191 e. The Labute approximate surface area is 158 Å². The van der Waals surface area contributed by atoms with E-state index in [-0.39, 0.29) is 0 Å². The molecule has 1 fully saturated rings. The van der Waals surface area contributed by atoms with Gasteiger partial charge < -0.3 is 20.1 Å². The summed E-state index contributed by atoms with van der Waals surface area (Å²) in [6.45, 7) is 9.76. The minimum Gasteiger partial charge on any atom is -0.359 e. The largest absolute Gasteiger partial charge is 0.359 e. The third-order valence-electron chi connectivity index (χ3n) is 5.42. The molecule has 6 heteroatoms. The molecule has 1 aromatic rings. The summed E-state index contributed by atoms with van der Waals surface area (Å²) >= 11 is 0. The Bertz CT molecular complexity index is 532. The first-order valence-electron chi connectivity index (χ1n) is 10.4. The Morgan fingerprint density at radius 3 is 2.65 bits per heavy atom. The molecule has 26 heavy (non-hydrogen) atoms. The summed E-state index contributed by atoms with van der Waals surface area (Å²) in [4.78, 5) is 7.12. The first-order chi connectivity index (χ1) is 12.7. The van der Waals surface area contributed by atoms with Crippen molar-refractivity contribution in [3.8, 4) is 0 Å². The van der Waals surface area contributed by atoms with Gasteiger partial charge in [-0.25, -0.2) is 4.99 Å². The van der Waals surface area contributed by atoms with Crippen LogP contribution in [0, 0.1) is 0 Å². The summed E-state index contributed by atoms with van der Waals surface area (Å²) in [5.74, 6) is 2.15. The third kappa shape index (κ3) is 6.31. The van der Waals surface area contributed by atoms with Gasteiger partial charge in [0.25, 0.3) is 0 Å². The lowest BCUT2D eigenvalue weighted by molar-refractivity contribution is 0.249. The molecule has 6 nitrogen and oxygen atoms in total. The number of aromatic nitrogens is 1. The second-order valence-electron chi connectivity index (χ2n) is 7.27. The van der Waals surface area contributed by atoms with Crippen molar-refractivity contribution in [1.82, 2.24) is 20.7 Å². The van der Waals surface area contributed by atoms with E-state index in [1.54, 1.807) is 0 Å². The molecule has 1 aromatic heterocycles. The van der Waals surface area contributed by atoms with Gasteiger partial charge in [-0.3, -0.25) is 0 Å². The van der Waals surface area contributed by atoms with E-state index >= 15 is 0 Å². The third-order valence-corrected chi connectivity index (χ3v) is 5.42. The minimum atomic E-state index is 0.481. The molecule has 0 saturated heterocycles. The Morgan fingerprint density at radius 2 is 2.00 bits per heavy atom. The molecule has 0 atom stereocenters. The fraction of sp³-hybridized carbons (Fsp3) is 0.800. The highest BCUT2D eigenvalue weighted by Crippen LogP contribution is 2.23. The molecule has 0 amide bonds. The van der Waals surface area contributed by atoms with Crippen LogP contribution in [0.5, 0.6) is 0 Å². The summed E-state index contributed by atoms with van der Waals surface area (Å²) in [6, 6.07) is 2.81. The lowest BCUT2D eigenvalue weighted by atomic mass is 9.99. The highest BCUT2D eigenvalue weighted by molar-refractivity contribution is 5.79. The number of hydrogen-bond acceptors (Lipinski definition) is 4. The first kappa shape index (κ1) is 20.7. The van der Waals surface area contributed by atoms with Gasteiger partial charge in [-0.15, -0.1) is 0 Å². The predicted octanol–water partition coefficient (Wildman–Crippen LogP) is 3.51. The molecule has 0 aromatic carbocycles. The molecular weight excluding hydrogens is 326 g/mol. The van der Waals surface area contributed by atoms with Crippen LogP contribution in [0.3, 0.4) is 0 Å². The van der Waals surface area contributed by atoms with E-state index in [1.165, 1.54) is 25.7 Å². The molecule has 148 valence electrons. The van der Waals surface area contributed by atoms with Gasteiger partial charge in [0.15, 0.2) is 11.7 Å². The van der Waals surface area contributed by atoms with Crippen LogP contribution in [-0.2, 0) is 6.54 Å². The number of nitrogens with zero attached hydrogens (tertiary/aromatic N) is 3. The molecule has 0 bridgehead atoms. The number of aliphatic imine (C=N–C) groups is 1. The van der Waals surface area contributed by atoms with Crippen LogP contribution >= 0.6 is 0 Å². The number of guanidine groups is 1. The molecule has 1 saturated carbocycles. The zero-order valence-corrected chi connectivity index (χ0v) is 17.1. The predicted molar refractivity (Wildman–Crippen MR) is 108 cm³/mol. The van der Waals surface area contributed by atoms with Crippen molar-refractivity contribution < 1.29 is 4.52 Å². The molecule has 0 radical (unpaired) electrons. The minimum absolute atomic E-state index is 0.481. The summed E-state index contributed by atoms with van der Waals surface area (Å²) < 4.78 is 5.47. The van der Waals surface area contributed by atoms with Crippen LogP contribution in [0.1, 0.15) is 76.7 Å². The zero-order chi connectivity index (χ0) is 18.8. The van der Waals surface area contributed by atoms with Gasteiger partial charge in [-0.05, 0) is 39.7 Å². The highest BCUT2D eigenvalue weighted by Gasteiger charge is 2.19. The van der Waals surface area contributed by atoms with Crippen molar-refractivity contribution >= 4 is 5.96 Å². The fourth-order valence-corrected chi connectivity index (χ4v) is 3.68. The molecule has 2 rings (SSSR count).